The Kier molecular flexibility index (Phi) is 5.43. The van der Waals surface area contributed by atoms with Crippen LogP contribution in [-0.4, -0.2) is 25.7 Å². The lowest BCUT2D eigenvalue weighted by atomic mass is 10.1. The van der Waals surface area contributed by atoms with Gasteiger partial charge in [0.05, 0.1) is 15.6 Å². The van der Waals surface area contributed by atoms with Crippen LogP contribution in [0.2, 0.25) is 10.0 Å². The summed E-state index contributed by atoms with van der Waals surface area (Å²) in [7, 11) is -3.86. The number of ketones is 1. The van der Waals surface area contributed by atoms with Crippen LogP contribution in [0.1, 0.15) is 10.4 Å². The van der Waals surface area contributed by atoms with Gasteiger partial charge in [0.2, 0.25) is 5.78 Å². The third kappa shape index (κ3) is 4.44. The molecule has 2 rings (SSSR count). The number of anilines is 1. The van der Waals surface area contributed by atoms with Gasteiger partial charge in [-0.15, -0.1) is 0 Å². The third-order valence-electron chi connectivity index (χ3n) is 2.92. The first-order valence-corrected chi connectivity index (χ1v) is 8.66. The van der Waals surface area contributed by atoms with E-state index in [4.69, 9.17) is 23.2 Å². The second-order valence-electron chi connectivity index (χ2n) is 4.67. The van der Waals surface area contributed by atoms with E-state index < -0.39 is 27.3 Å². The second kappa shape index (κ2) is 7.16. The molecular weight excluding hydrogens is 379 g/mol. The zero-order valence-electron chi connectivity index (χ0n) is 11.9. The van der Waals surface area contributed by atoms with Crippen molar-refractivity contribution in [2.24, 2.45) is 0 Å². The number of sulfonamides is 1. The number of nitrogens with one attached hydrogen (secondary N) is 1. The van der Waals surface area contributed by atoms with Crippen LogP contribution in [0.25, 0.3) is 0 Å². The van der Waals surface area contributed by atoms with Crippen LogP contribution in [-0.2, 0) is 10.0 Å². The summed E-state index contributed by atoms with van der Waals surface area (Å²) < 4.78 is 26.8. The lowest BCUT2D eigenvalue weighted by Gasteiger charge is -2.09. The second-order valence-corrected chi connectivity index (χ2v) is 7.19. The number of carbonyl (C=O) groups is 1. The Labute approximate surface area is 147 Å². The largest absolute Gasteiger partial charge is 0.287 e. The minimum Gasteiger partial charge on any atom is -0.287 e. The summed E-state index contributed by atoms with van der Waals surface area (Å²) in [5.41, 5.74) is 0.0652. The van der Waals surface area contributed by atoms with Gasteiger partial charge in [-0.2, -0.15) is 0 Å². The molecule has 0 amide bonds. The van der Waals surface area contributed by atoms with Crippen LogP contribution in [0.15, 0.2) is 47.4 Å². The van der Waals surface area contributed by atoms with Crippen LogP contribution in [0.5, 0.6) is 0 Å². The molecule has 0 bridgehead atoms. The lowest BCUT2D eigenvalue weighted by molar-refractivity contribution is -0.465. The molecule has 0 aromatic heterocycles. The fourth-order valence-electron chi connectivity index (χ4n) is 1.83. The number of halogens is 2. The molecule has 0 heterocycles. The Morgan fingerprint density at radius 2 is 1.75 bits per heavy atom. The molecule has 0 aliphatic carbocycles. The van der Waals surface area contributed by atoms with Gasteiger partial charge in [-0.05, 0) is 42.5 Å². The van der Waals surface area contributed by atoms with E-state index in [1.54, 1.807) is 0 Å². The first kappa shape index (κ1) is 18.2. The van der Waals surface area contributed by atoms with Crippen LogP contribution in [0.4, 0.5) is 5.69 Å². The standard InChI is InChI=1S/C14H10Cl2N2O5S/c15-9-1-4-11(5-2-9)24(22,23)17-10-3-6-12(13(16)7-10)14(19)8-18(20)21/h1-7,17H,8H2. The van der Waals surface area contributed by atoms with Crippen LogP contribution in [0, 0.1) is 10.1 Å². The molecule has 2 aromatic carbocycles. The van der Waals surface area contributed by atoms with Crippen molar-refractivity contribution in [3.63, 3.8) is 0 Å². The fraction of sp³-hybridized carbons (Fsp3) is 0.0714. The molecule has 0 atom stereocenters. The molecule has 0 aliphatic rings. The molecule has 0 unspecified atom stereocenters. The highest BCUT2D eigenvalue weighted by Crippen LogP contribution is 2.24. The summed E-state index contributed by atoms with van der Waals surface area (Å²) >= 11 is 11.6. The Hall–Kier alpha value is -2.16. The Morgan fingerprint density at radius 3 is 2.29 bits per heavy atom. The highest BCUT2D eigenvalue weighted by atomic mass is 35.5. The van der Waals surface area contributed by atoms with Gasteiger partial charge in [-0.1, -0.05) is 23.2 Å². The lowest BCUT2D eigenvalue weighted by Crippen LogP contribution is -2.15. The smallest absolute Gasteiger partial charge is 0.265 e. The number of rotatable bonds is 6. The monoisotopic (exact) mass is 388 g/mol. The Balaban J connectivity index is 2.24. The Morgan fingerprint density at radius 1 is 1.12 bits per heavy atom. The van der Waals surface area contributed by atoms with Crippen molar-refractivity contribution in [2.45, 2.75) is 4.90 Å². The number of nitrogens with zero attached hydrogens (tertiary/aromatic N) is 1. The molecular formula is C14H10Cl2N2O5S. The molecule has 2 aromatic rings. The summed E-state index contributed by atoms with van der Waals surface area (Å²) in [6.45, 7) is -0.893. The van der Waals surface area contributed by atoms with Crippen molar-refractivity contribution >= 4 is 44.7 Å². The molecule has 0 spiro atoms. The van der Waals surface area contributed by atoms with Gasteiger partial charge in [0.1, 0.15) is 0 Å². The van der Waals surface area contributed by atoms with Crippen LogP contribution in [0.3, 0.4) is 0 Å². The zero-order valence-corrected chi connectivity index (χ0v) is 14.2. The molecule has 0 fully saturated rings. The average molecular weight is 389 g/mol. The Bertz CT molecular complexity index is 898. The van der Waals surface area contributed by atoms with E-state index >= 15 is 0 Å². The van der Waals surface area contributed by atoms with E-state index in [0.717, 1.165) is 0 Å². The average Bonchev–Trinajstić information content (AvgIpc) is 2.46. The molecule has 0 saturated heterocycles. The molecule has 0 aliphatic heterocycles. The fourth-order valence-corrected chi connectivity index (χ4v) is 3.30. The number of Topliss-reactive ketones (excluding diaryl/α,β-unsaturated/α-hetero) is 1. The number of carbonyl (C=O) groups excluding carboxylic acids is 1. The van der Waals surface area contributed by atoms with E-state index in [1.165, 1.54) is 42.5 Å². The maximum atomic E-state index is 12.2. The first-order chi connectivity index (χ1) is 11.2. The van der Waals surface area contributed by atoms with E-state index in [-0.39, 0.29) is 21.2 Å². The van der Waals surface area contributed by atoms with Gasteiger partial charge in [-0.25, -0.2) is 8.42 Å². The van der Waals surface area contributed by atoms with Gasteiger partial charge in [0.15, 0.2) is 0 Å². The minimum absolute atomic E-state index is 0.00322. The van der Waals surface area contributed by atoms with Crippen molar-refractivity contribution in [1.82, 2.24) is 0 Å². The van der Waals surface area contributed by atoms with Gasteiger partial charge in [0.25, 0.3) is 16.6 Å². The number of nitro groups is 1. The molecule has 126 valence electrons. The van der Waals surface area contributed by atoms with E-state index in [0.29, 0.717) is 5.02 Å². The molecule has 10 heteroatoms. The van der Waals surface area contributed by atoms with Crippen molar-refractivity contribution in [2.75, 3.05) is 11.3 Å². The quantitative estimate of drug-likeness (QED) is 0.464. The predicted octanol–water partition coefficient (Wildman–Crippen LogP) is 3.25. The molecule has 0 radical (unpaired) electrons. The van der Waals surface area contributed by atoms with Crippen molar-refractivity contribution in [3.05, 3.63) is 68.2 Å². The number of benzene rings is 2. The van der Waals surface area contributed by atoms with E-state index in [1.807, 2.05) is 0 Å². The van der Waals surface area contributed by atoms with Crippen LogP contribution >= 0.6 is 23.2 Å². The predicted molar refractivity (Wildman–Crippen MR) is 89.9 cm³/mol. The first-order valence-electron chi connectivity index (χ1n) is 6.42. The SMILES string of the molecule is O=C(C[N+](=O)[O-])c1ccc(NS(=O)(=O)c2ccc(Cl)cc2)cc1Cl. The van der Waals surface area contributed by atoms with E-state index in [9.17, 15) is 23.3 Å². The highest BCUT2D eigenvalue weighted by Gasteiger charge is 2.18. The maximum absolute atomic E-state index is 12.2. The summed E-state index contributed by atoms with van der Waals surface area (Å²) in [5.74, 6) is -0.767. The van der Waals surface area contributed by atoms with E-state index in [2.05, 4.69) is 4.72 Å². The minimum atomic E-state index is -3.86. The van der Waals surface area contributed by atoms with Gasteiger partial charge >= 0.3 is 0 Å². The summed E-state index contributed by atoms with van der Waals surface area (Å²) in [6.07, 6.45) is 0. The van der Waals surface area contributed by atoms with Crippen molar-refractivity contribution < 1.29 is 18.1 Å². The molecule has 0 saturated carbocycles. The summed E-state index contributed by atoms with van der Waals surface area (Å²) in [6, 6.07) is 9.27. The normalized spacial score (nSPS) is 11.1. The van der Waals surface area contributed by atoms with Crippen molar-refractivity contribution in [3.8, 4) is 0 Å². The zero-order chi connectivity index (χ0) is 17.9. The highest BCUT2D eigenvalue weighted by molar-refractivity contribution is 7.92. The maximum Gasteiger partial charge on any atom is 0.265 e. The molecule has 1 N–H and O–H groups in total. The van der Waals surface area contributed by atoms with Gasteiger partial charge in [0, 0.05) is 15.5 Å². The molecule has 7 nitrogen and oxygen atoms in total. The summed E-state index contributed by atoms with van der Waals surface area (Å²) in [5, 5.41) is 10.7. The van der Waals surface area contributed by atoms with Gasteiger partial charge < -0.3 is 0 Å². The topological polar surface area (TPSA) is 106 Å². The van der Waals surface area contributed by atoms with Crippen molar-refractivity contribution in [1.29, 1.82) is 0 Å². The number of hydrogen-bond acceptors (Lipinski definition) is 5. The third-order valence-corrected chi connectivity index (χ3v) is 4.88. The van der Waals surface area contributed by atoms with Gasteiger partial charge in [-0.3, -0.25) is 19.6 Å². The number of hydrogen-bond donors (Lipinski definition) is 1. The van der Waals surface area contributed by atoms with Crippen LogP contribution < -0.4 is 4.72 Å². The molecule has 24 heavy (non-hydrogen) atoms. The summed E-state index contributed by atoms with van der Waals surface area (Å²) in [4.78, 5) is 21.2.